The average Bonchev–Trinajstić information content (AvgIpc) is 2.29. The number of hydrogen-bond acceptors (Lipinski definition) is 4. The molecule has 0 aromatic heterocycles. The average molecular weight is 293 g/mol. The molecule has 0 amide bonds. The zero-order valence-electron chi connectivity index (χ0n) is 9.96. The summed E-state index contributed by atoms with van der Waals surface area (Å²) in [6, 6.07) is 3.36. The first kappa shape index (κ1) is 14.9. The Kier molecular flexibility index (Phi) is 4.66. The molecule has 0 saturated carbocycles. The summed E-state index contributed by atoms with van der Waals surface area (Å²) >= 11 is 5.80. The van der Waals surface area contributed by atoms with Crippen molar-refractivity contribution in [1.82, 2.24) is 4.31 Å². The van der Waals surface area contributed by atoms with Crippen LogP contribution in [0.25, 0.3) is 0 Å². The van der Waals surface area contributed by atoms with Crippen molar-refractivity contribution in [3.63, 3.8) is 0 Å². The first-order valence-electron chi connectivity index (χ1n) is 5.21. The minimum Gasteiger partial charge on any atom is -0.258 e. The van der Waals surface area contributed by atoms with E-state index in [9.17, 15) is 18.5 Å². The topological polar surface area (TPSA) is 80.5 Å². The number of nitro benzene ring substituents is 1. The molecule has 0 aliphatic carbocycles. The lowest BCUT2D eigenvalue weighted by Crippen LogP contribution is -2.27. The van der Waals surface area contributed by atoms with Crippen LogP contribution in [-0.4, -0.2) is 31.2 Å². The smallest absolute Gasteiger partial charge is 0.258 e. The van der Waals surface area contributed by atoms with Gasteiger partial charge < -0.3 is 0 Å². The second-order valence-electron chi connectivity index (χ2n) is 3.70. The Hall–Kier alpha value is -1.18. The molecule has 100 valence electrons. The van der Waals surface area contributed by atoms with Crippen LogP contribution in [0.5, 0.6) is 0 Å². The van der Waals surface area contributed by atoms with Gasteiger partial charge in [-0.25, -0.2) is 12.7 Å². The third-order valence-electron chi connectivity index (χ3n) is 2.35. The first-order chi connectivity index (χ1) is 8.30. The van der Waals surface area contributed by atoms with Gasteiger partial charge in [0.1, 0.15) is 4.90 Å². The highest BCUT2D eigenvalue weighted by Gasteiger charge is 2.25. The maximum absolute atomic E-state index is 12.1. The lowest BCUT2D eigenvalue weighted by molar-refractivity contribution is -0.385. The highest BCUT2D eigenvalue weighted by Crippen LogP contribution is 2.28. The van der Waals surface area contributed by atoms with Gasteiger partial charge in [0, 0.05) is 25.7 Å². The first-order valence-corrected chi connectivity index (χ1v) is 7.02. The zero-order chi connectivity index (χ0) is 13.9. The van der Waals surface area contributed by atoms with Gasteiger partial charge in [-0.05, 0) is 12.5 Å². The normalized spacial score (nSPS) is 11.8. The quantitative estimate of drug-likeness (QED) is 0.616. The number of non-ortho nitro benzene ring substituents is 1. The molecule has 0 unspecified atom stereocenters. The molecule has 1 rings (SSSR count). The Labute approximate surface area is 110 Å². The van der Waals surface area contributed by atoms with Crippen molar-refractivity contribution >= 4 is 27.3 Å². The third-order valence-corrected chi connectivity index (χ3v) is 4.69. The molecule has 0 heterocycles. The number of benzene rings is 1. The summed E-state index contributed by atoms with van der Waals surface area (Å²) in [4.78, 5) is 9.74. The van der Waals surface area contributed by atoms with Crippen molar-refractivity contribution < 1.29 is 13.3 Å². The second kappa shape index (κ2) is 5.64. The number of halogens is 1. The Balaban J connectivity index is 3.31. The van der Waals surface area contributed by atoms with E-state index in [0.717, 1.165) is 10.4 Å². The minimum atomic E-state index is -3.79. The van der Waals surface area contributed by atoms with E-state index in [2.05, 4.69) is 0 Å². The third kappa shape index (κ3) is 2.98. The van der Waals surface area contributed by atoms with E-state index in [1.165, 1.54) is 19.2 Å². The molecule has 1 aromatic carbocycles. The summed E-state index contributed by atoms with van der Waals surface area (Å²) in [5.41, 5.74) is -0.303. The number of rotatable bonds is 5. The van der Waals surface area contributed by atoms with E-state index in [1.54, 1.807) is 0 Å². The number of hydrogen-bond donors (Lipinski definition) is 0. The summed E-state index contributed by atoms with van der Waals surface area (Å²) in [7, 11) is -2.38. The SMILES string of the molecule is CCCN(C)S(=O)(=O)c1cc([N+](=O)[O-])ccc1Cl. The van der Waals surface area contributed by atoms with Crippen LogP contribution in [0.4, 0.5) is 5.69 Å². The van der Waals surface area contributed by atoms with Gasteiger partial charge >= 0.3 is 0 Å². The zero-order valence-corrected chi connectivity index (χ0v) is 11.5. The fourth-order valence-corrected chi connectivity index (χ4v) is 3.16. The van der Waals surface area contributed by atoms with Crippen molar-refractivity contribution in [3.05, 3.63) is 33.3 Å². The monoisotopic (exact) mass is 292 g/mol. The predicted octanol–water partition coefficient (Wildman–Crippen LogP) is 2.28. The van der Waals surface area contributed by atoms with Crippen LogP contribution in [0.1, 0.15) is 13.3 Å². The van der Waals surface area contributed by atoms with Crippen molar-refractivity contribution in [1.29, 1.82) is 0 Å². The molecule has 0 aliphatic rings. The molecule has 0 N–H and O–H groups in total. The second-order valence-corrected chi connectivity index (χ2v) is 6.12. The molecular weight excluding hydrogens is 280 g/mol. The largest absolute Gasteiger partial charge is 0.270 e. The van der Waals surface area contributed by atoms with Crippen LogP contribution in [0, 0.1) is 10.1 Å². The number of sulfonamides is 1. The highest BCUT2D eigenvalue weighted by molar-refractivity contribution is 7.89. The van der Waals surface area contributed by atoms with Crippen LogP contribution < -0.4 is 0 Å². The van der Waals surface area contributed by atoms with Crippen molar-refractivity contribution in [2.45, 2.75) is 18.2 Å². The van der Waals surface area contributed by atoms with Crippen LogP contribution in [0.2, 0.25) is 5.02 Å². The Bertz CT molecular complexity index is 559. The van der Waals surface area contributed by atoms with Gasteiger partial charge in [0.05, 0.1) is 9.95 Å². The summed E-state index contributed by atoms with van der Waals surface area (Å²) in [5, 5.41) is 10.6. The van der Waals surface area contributed by atoms with Crippen LogP contribution in [0.3, 0.4) is 0 Å². The molecule has 0 spiro atoms. The predicted molar refractivity (Wildman–Crippen MR) is 68.2 cm³/mol. The minimum absolute atomic E-state index is 0.0245. The van der Waals surface area contributed by atoms with E-state index in [4.69, 9.17) is 11.6 Å². The highest BCUT2D eigenvalue weighted by atomic mass is 35.5. The van der Waals surface area contributed by atoms with Gasteiger partial charge in [-0.15, -0.1) is 0 Å². The van der Waals surface area contributed by atoms with E-state index in [-0.39, 0.29) is 15.6 Å². The fourth-order valence-electron chi connectivity index (χ4n) is 1.41. The molecular formula is C10H13ClN2O4S. The molecule has 8 heteroatoms. The molecule has 1 aromatic rings. The molecule has 0 saturated heterocycles. The fraction of sp³-hybridized carbons (Fsp3) is 0.400. The van der Waals surface area contributed by atoms with Gasteiger partial charge in [0.15, 0.2) is 0 Å². The summed E-state index contributed by atoms with van der Waals surface area (Å²) in [5.74, 6) is 0. The lowest BCUT2D eigenvalue weighted by atomic mass is 10.3. The van der Waals surface area contributed by atoms with Gasteiger partial charge in [0.2, 0.25) is 10.0 Å². The van der Waals surface area contributed by atoms with E-state index >= 15 is 0 Å². The van der Waals surface area contributed by atoms with Gasteiger partial charge in [-0.1, -0.05) is 18.5 Å². The van der Waals surface area contributed by atoms with Crippen molar-refractivity contribution in [2.75, 3.05) is 13.6 Å². The van der Waals surface area contributed by atoms with Crippen LogP contribution >= 0.6 is 11.6 Å². The maximum Gasteiger partial charge on any atom is 0.270 e. The summed E-state index contributed by atoms with van der Waals surface area (Å²) in [6.45, 7) is 2.16. The number of nitro groups is 1. The maximum atomic E-state index is 12.1. The van der Waals surface area contributed by atoms with E-state index < -0.39 is 14.9 Å². The Morgan fingerprint density at radius 2 is 2.06 bits per heavy atom. The van der Waals surface area contributed by atoms with Gasteiger partial charge in [0.25, 0.3) is 5.69 Å². The van der Waals surface area contributed by atoms with Gasteiger partial charge in [-0.3, -0.25) is 10.1 Å². The molecule has 0 atom stereocenters. The number of nitrogens with zero attached hydrogens (tertiary/aromatic N) is 2. The Morgan fingerprint density at radius 3 is 2.56 bits per heavy atom. The molecule has 0 fully saturated rings. The lowest BCUT2D eigenvalue weighted by Gasteiger charge is -2.16. The van der Waals surface area contributed by atoms with E-state index in [0.29, 0.717) is 13.0 Å². The molecule has 6 nitrogen and oxygen atoms in total. The van der Waals surface area contributed by atoms with Crippen molar-refractivity contribution in [3.8, 4) is 0 Å². The molecule has 18 heavy (non-hydrogen) atoms. The molecule has 0 bridgehead atoms. The summed E-state index contributed by atoms with van der Waals surface area (Å²) in [6.07, 6.45) is 0.641. The molecule has 0 aliphatic heterocycles. The van der Waals surface area contributed by atoms with Crippen LogP contribution in [-0.2, 0) is 10.0 Å². The summed E-state index contributed by atoms with van der Waals surface area (Å²) < 4.78 is 25.4. The molecule has 0 radical (unpaired) electrons. The van der Waals surface area contributed by atoms with Crippen LogP contribution in [0.15, 0.2) is 23.1 Å². The van der Waals surface area contributed by atoms with Crippen molar-refractivity contribution in [2.24, 2.45) is 0 Å². The van der Waals surface area contributed by atoms with Gasteiger partial charge in [-0.2, -0.15) is 0 Å². The Morgan fingerprint density at radius 1 is 1.44 bits per heavy atom. The standard InChI is InChI=1S/C10H13ClN2O4S/c1-3-6-12(2)18(16,17)10-7-8(13(14)15)4-5-9(10)11/h4-5,7H,3,6H2,1-2H3. The van der Waals surface area contributed by atoms with E-state index in [1.807, 2.05) is 6.92 Å².